The average molecular weight is 798 g/mol. The zero-order valence-corrected chi connectivity index (χ0v) is 33.4. The van der Waals surface area contributed by atoms with Gasteiger partial charge in [-0.15, -0.1) is 0 Å². The predicted molar refractivity (Wildman–Crippen MR) is 210 cm³/mol. The largest absolute Gasteiger partial charge is 0.493 e. The van der Waals surface area contributed by atoms with Crippen LogP contribution in [0.4, 0.5) is 4.79 Å². The van der Waals surface area contributed by atoms with Crippen LogP contribution in [-0.2, 0) is 25.2 Å². The number of methoxy groups -OCH3 is 3. The van der Waals surface area contributed by atoms with Crippen LogP contribution in [0.2, 0.25) is 10.0 Å². The number of hydrogen-bond donors (Lipinski definition) is 1. The molecule has 0 bridgehead atoms. The Morgan fingerprint density at radius 1 is 0.836 bits per heavy atom. The van der Waals surface area contributed by atoms with Crippen LogP contribution in [0.1, 0.15) is 54.1 Å². The molecule has 14 heteroatoms. The molecule has 3 saturated heterocycles. The minimum absolute atomic E-state index is 0.128. The van der Waals surface area contributed by atoms with Gasteiger partial charge in [0.1, 0.15) is 0 Å². The number of nitrogens with one attached hydrogen (secondary N) is 1. The number of benzene rings is 3. The number of carbonyl (C=O) groups excluding carboxylic acids is 3. The standard InChI is InChI=1S/C41H50Cl2N4O8/c1-5-54-38(49)35-26-46(21-22-55-35)39(50)44-41(29-9-7-6-8-10-29)15-18-45(19-16-41)17-13-40(30-11-12-31(42)32(43)25-30)14-20-47(27-40)37(48)28-23-33(51-2)36(53-4)34(24-28)52-3/h6-12,23-25,35H,5,13-22,26-27H2,1-4H3,(H,44,50)/t35-,40?/m0/s1. The summed E-state index contributed by atoms with van der Waals surface area (Å²) in [6.07, 6.45) is 2.10. The fourth-order valence-electron chi connectivity index (χ4n) is 8.11. The lowest BCUT2D eigenvalue weighted by molar-refractivity contribution is -0.160. The third-order valence-corrected chi connectivity index (χ3v) is 12.0. The predicted octanol–water partition coefficient (Wildman–Crippen LogP) is 6.16. The molecule has 1 unspecified atom stereocenters. The molecule has 12 nitrogen and oxygen atoms in total. The smallest absolute Gasteiger partial charge is 0.337 e. The molecule has 0 aromatic heterocycles. The zero-order chi connectivity index (χ0) is 39.2. The molecule has 0 saturated carbocycles. The second-order valence-electron chi connectivity index (χ2n) is 14.3. The van der Waals surface area contributed by atoms with Crippen LogP contribution >= 0.6 is 23.2 Å². The number of ether oxygens (including phenoxy) is 5. The summed E-state index contributed by atoms with van der Waals surface area (Å²) in [5.41, 5.74) is 1.56. The van der Waals surface area contributed by atoms with Gasteiger partial charge in [-0.05, 0) is 74.5 Å². The van der Waals surface area contributed by atoms with Crippen molar-refractivity contribution in [3.05, 3.63) is 87.4 Å². The minimum atomic E-state index is -0.805. The highest BCUT2D eigenvalue weighted by molar-refractivity contribution is 6.42. The molecule has 0 radical (unpaired) electrons. The van der Waals surface area contributed by atoms with Crippen molar-refractivity contribution in [2.24, 2.45) is 0 Å². The second-order valence-corrected chi connectivity index (χ2v) is 15.1. The van der Waals surface area contributed by atoms with Crippen molar-refractivity contribution < 1.29 is 38.1 Å². The van der Waals surface area contributed by atoms with E-state index in [0.29, 0.717) is 65.3 Å². The van der Waals surface area contributed by atoms with Crippen LogP contribution in [0.3, 0.4) is 0 Å². The Bertz CT molecular complexity index is 1810. The summed E-state index contributed by atoms with van der Waals surface area (Å²) in [4.78, 5) is 46.3. The van der Waals surface area contributed by atoms with E-state index in [1.807, 2.05) is 41.3 Å². The molecule has 3 amide bonds. The molecule has 6 rings (SSSR count). The zero-order valence-electron chi connectivity index (χ0n) is 31.9. The summed E-state index contributed by atoms with van der Waals surface area (Å²) in [5.74, 6) is 0.670. The molecule has 3 aliphatic heterocycles. The van der Waals surface area contributed by atoms with E-state index in [9.17, 15) is 14.4 Å². The van der Waals surface area contributed by atoms with Gasteiger partial charge in [0, 0.05) is 43.7 Å². The van der Waals surface area contributed by atoms with E-state index in [1.165, 1.54) is 21.3 Å². The molecule has 2 atom stereocenters. The molecule has 3 aromatic rings. The van der Waals surface area contributed by atoms with Crippen molar-refractivity contribution in [1.82, 2.24) is 20.0 Å². The lowest BCUT2D eigenvalue weighted by atomic mass is 9.76. The Morgan fingerprint density at radius 2 is 1.55 bits per heavy atom. The highest BCUT2D eigenvalue weighted by atomic mass is 35.5. The molecule has 296 valence electrons. The van der Waals surface area contributed by atoms with Gasteiger partial charge in [0.05, 0.1) is 56.7 Å². The van der Waals surface area contributed by atoms with Crippen molar-refractivity contribution in [1.29, 1.82) is 0 Å². The Kier molecular flexibility index (Phi) is 13.0. The third-order valence-electron chi connectivity index (χ3n) is 11.3. The topological polar surface area (TPSA) is 119 Å². The number of carbonyl (C=O) groups is 3. The highest BCUT2D eigenvalue weighted by Gasteiger charge is 2.44. The SMILES string of the molecule is CCOC(=O)[C@@H]1CN(C(=O)NC2(c3ccccc3)CCN(CCC3(c4ccc(Cl)c(Cl)c4)CCN(C(=O)c4cc(OC)c(OC)c(OC)c4)C3)CC2)CCO1. The maximum Gasteiger partial charge on any atom is 0.337 e. The number of rotatable bonds is 12. The van der Waals surface area contributed by atoms with Gasteiger partial charge < -0.3 is 43.7 Å². The molecule has 3 aliphatic rings. The van der Waals surface area contributed by atoms with Crippen molar-refractivity contribution in [3.63, 3.8) is 0 Å². The van der Waals surface area contributed by atoms with E-state index >= 15 is 0 Å². The van der Waals surface area contributed by atoms with Crippen molar-refractivity contribution >= 4 is 41.1 Å². The van der Waals surface area contributed by atoms with Crippen LogP contribution in [0.25, 0.3) is 0 Å². The maximum atomic E-state index is 14.1. The highest BCUT2D eigenvalue weighted by Crippen LogP contribution is 2.43. The molecule has 55 heavy (non-hydrogen) atoms. The summed E-state index contributed by atoms with van der Waals surface area (Å²) in [7, 11) is 4.59. The first-order valence-electron chi connectivity index (χ1n) is 18.7. The van der Waals surface area contributed by atoms with Gasteiger partial charge in [-0.1, -0.05) is 59.6 Å². The van der Waals surface area contributed by atoms with Gasteiger partial charge in [0.25, 0.3) is 5.91 Å². The Balaban J connectivity index is 1.18. The van der Waals surface area contributed by atoms with Gasteiger partial charge in [0.15, 0.2) is 17.6 Å². The first kappa shape index (κ1) is 40.4. The molecule has 3 heterocycles. The first-order chi connectivity index (χ1) is 26.5. The van der Waals surface area contributed by atoms with E-state index in [2.05, 4.69) is 22.3 Å². The van der Waals surface area contributed by atoms with Crippen LogP contribution in [0.15, 0.2) is 60.7 Å². The molecule has 3 aromatic carbocycles. The average Bonchev–Trinajstić information content (AvgIpc) is 3.66. The monoisotopic (exact) mass is 796 g/mol. The number of esters is 1. The van der Waals surface area contributed by atoms with Crippen LogP contribution in [0.5, 0.6) is 17.2 Å². The number of hydrogen-bond acceptors (Lipinski definition) is 9. The fourth-order valence-corrected chi connectivity index (χ4v) is 8.41. The van der Waals surface area contributed by atoms with Crippen LogP contribution in [0, 0.1) is 0 Å². The van der Waals surface area contributed by atoms with Gasteiger partial charge in [-0.25, -0.2) is 9.59 Å². The Morgan fingerprint density at radius 3 is 2.18 bits per heavy atom. The lowest BCUT2D eigenvalue weighted by Crippen LogP contribution is -2.59. The number of nitrogens with zero attached hydrogens (tertiary/aromatic N) is 3. The molecule has 1 N–H and O–H groups in total. The molecule has 0 spiro atoms. The number of amides is 3. The number of morpholine rings is 1. The van der Waals surface area contributed by atoms with Crippen LogP contribution < -0.4 is 19.5 Å². The van der Waals surface area contributed by atoms with Crippen molar-refractivity contribution in [2.75, 3.05) is 80.4 Å². The van der Waals surface area contributed by atoms with Crippen molar-refractivity contribution in [2.45, 2.75) is 49.7 Å². The van der Waals surface area contributed by atoms with E-state index in [0.717, 1.165) is 43.6 Å². The van der Waals surface area contributed by atoms with Crippen LogP contribution in [-0.4, -0.2) is 119 Å². The van der Waals surface area contributed by atoms with Gasteiger partial charge in [-0.2, -0.15) is 0 Å². The lowest BCUT2D eigenvalue weighted by Gasteiger charge is -2.45. The minimum Gasteiger partial charge on any atom is -0.493 e. The summed E-state index contributed by atoms with van der Waals surface area (Å²) in [5, 5.41) is 4.34. The molecule has 0 aliphatic carbocycles. The van der Waals surface area contributed by atoms with E-state index < -0.39 is 17.6 Å². The van der Waals surface area contributed by atoms with E-state index in [1.54, 1.807) is 24.0 Å². The number of piperidine rings is 1. The number of likely N-dealkylation sites (tertiary alicyclic amines) is 2. The summed E-state index contributed by atoms with van der Waals surface area (Å²) >= 11 is 13.0. The fraction of sp³-hybridized carbons (Fsp3) is 0.488. The normalized spacial score (nSPS) is 21.2. The molecular weight excluding hydrogens is 747 g/mol. The quantitative estimate of drug-likeness (QED) is 0.215. The number of urea groups is 1. The molecular formula is C41H50Cl2N4O8. The van der Waals surface area contributed by atoms with Crippen molar-refractivity contribution in [3.8, 4) is 17.2 Å². The summed E-state index contributed by atoms with van der Waals surface area (Å²) in [6, 6.07) is 19.0. The second kappa shape index (κ2) is 17.7. The Hall–Kier alpha value is -4.23. The third kappa shape index (κ3) is 8.77. The first-order valence-corrected chi connectivity index (χ1v) is 19.5. The Labute approximate surface area is 332 Å². The number of halogens is 2. The van der Waals surface area contributed by atoms with Gasteiger partial charge in [-0.3, -0.25) is 4.79 Å². The summed E-state index contributed by atoms with van der Waals surface area (Å²) in [6.45, 7) is 6.08. The maximum absolute atomic E-state index is 14.1. The van der Waals surface area contributed by atoms with Gasteiger partial charge in [0.2, 0.25) is 5.75 Å². The molecule has 3 fully saturated rings. The summed E-state index contributed by atoms with van der Waals surface area (Å²) < 4.78 is 27.3. The van der Waals surface area contributed by atoms with E-state index in [4.69, 9.17) is 46.9 Å². The van der Waals surface area contributed by atoms with E-state index in [-0.39, 0.29) is 37.1 Å². The van der Waals surface area contributed by atoms with Gasteiger partial charge >= 0.3 is 12.0 Å².